The Morgan fingerprint density at radius 2 is 1.63 bits per heavy atom. The molecule has 1 aliphatic carbocycles. The fourth-order valence-corrected chi connectivity index (χ4v) is 3.61. The fourth-order valence-electron chi connectivity index (χ4n) is 3.61. The third-order valence-electron chi connectivity index (χ3n) is 5.13. The first-order valence-corrected chi connectivity index (χ1v) is 9.49. The summed E-state index contributed by atoms with van der Waals surface area (Å²) in [4.78, 5) is 0. The Kier molecular flexibility index (Phi) is 5.63. The van der Waals surface area contributed by atoms with Gasteiger partial charge in [-0.25, -0.2) is 4.74 Å². The van der Waals surface area contributed by atoms with E-state index in [9.17, 15) is 10.3 Å². The highest BCUT2D eigenvalue weighted by atomic mass is 16.5. The molecule has 0 amide bonds. The van der Waals surface area contributed by atoms with Crippen molar-refractivity contribution >= 4 is 6.72 Å². The summed E-state index contributed by atoms with van der Waals surface area (Å²) < 4.78 is 6.63. The summed E-state index contributed by atoms with van der Waals surface area (Å²) in [7, 11) is 0. The summed E-state index contributed by atoms with van der Waals surface area (Å²) in [5.74, 6) is 0.290. The first kappa shape index (κ1) is 21.2. The van der Waals surface area contributed by atoms with Crippen molar-refractivity contribution in [2.75, 3.05) is 6.61 Å². The molecular formula is C23H33NO3. The molecule has 4 nitrogen and oxygen atoms in total. The molecule has 148 valence electrons. The van der Waals surface area contributed by atoms with E-state index in [1.807, 2.05) is 43.4 Å². The van der Waals surface area contributed by atoms with Crippen molar-refractivity contribution in [3.63, 3.8) is 0 Å². The molecule has 4 heteroatoms. The van der Waals surface area contributed by atoms with E-state index in [2.05, 4.69) is 48.3 Å². The first-order valence-electron chi connectivity index (χ1n) is 9.49. The quantitative estimate of drug-likeness (QED) is 0.353. The number of aromatic hydroxyl groups is 1. The smallest absolute Gasteiger partial charge is 0.245 e. The molecule has 0 bridgehead atoms. The maximum absolute atomic E-state index is 12.8. The van der Waals surface area contributed by atoms with Crippen molar-refractivity contribution in [3.05, 3.63) is 58.3 Å². The lowest BCUT2D eigenvalue weighted by molar-refractivity contribution is -0.548. The molecule has 0 aromatic heterocycles. The van der Waals surface area contributed by atoms with Gasteiger partial charge < -0.3 is 15.1 Å². The van der Waals surface area contributed by atoms with Crippen LogP contribution in [0.5, 0.6) is 5.75 Å². The molecule has 1 N–H and O–H groups in total. The summed E-state index contributed by atoms with van der Waals surface area (Å²) >= 11 is 0. The lowest BCUT2D eigenvalue weighted by atomic mass is 9.73. The molecule has 1 aliphatic rings. The van der Waals surface area contributed by atoms with Crippen molar-refractivity contribution in [2.45, 2.75) is 70.9 Å². The van der Waals surface area contributed by atoms with Gasteiger partial charge in [0.25, 0.3) is 0 Å². The number of allylic oxidation sites excluding steroid dienone is 2. The van der Waals surface area contributed by atoms with Crippen LogP contribution in [0.2, 0.25) is 0 Å². The zero-order chi connectivity index (χ0) is 20.6. The molecule has 2 atom stereocenters. The highest BCUT2D eigenvalue weighted by molar-refractivity contribution is 5.53. The van der Waals surface area contributed by atoms with Crippen LogP contribution in [0.4, 0.5) is 0 Å². The summed E-state index contributed by atoms with van der Waals surface area (Å²) in [6.07, 6.45) is 7.01. The summed E-state index contributed by atoms with van der Waals surface area (Å²) in [6, 6.07) is 3.85. The number of phenols is 1. The molecule has 27 heavy (non-hydrogen) atoms. The van der Waals surface area contributed by atoms with E-state index in [1.165, 1.54) is 0 Å². The molecule has 2 unspecified atom stereocenters. The Bertz CT molecular complexity index is 743. The highest BCUT2D eigenvalue weighted by Gasteiger charge is 2.48. The summed E-state index contributed by atoms with van der Waals surface area (Å²) in [5, 5.41) is 23.8. The van der Waals surface area contributed by atoms with Gasteiger partial charge >= 0.3 is 0 Å². The Morgan fingerprint density at radius 1 is 1.11 bits per heavy atom. The van der Waals surface area contributed by atoms with E-state index < -0.39 is 11.6 Å². The molecule has 1 aromatic carbocycles. The predicted molar refractivity (Wildman–Crippen MR) is 112 cm³/mol. The molecule has 0 fully saturated rings. The van der Waals surface area contributed by atoms with Gasteiger partial charge in [0.2, 0.25) is 5.54 Å². The molecule has 1 aromatic rings. The van der Waals surface area contributed by atoms with E-state index in [0.29, 0.717) is 12.4 Å². The number of benzene rings is 1. The van der Waals surface area contributed by atoms with Crippen LogP contribution in [0.15, 0.2) is 36.4 Å². The monoisotopic (exact) mass is 371 g/mol. The highest BCUT2D eigenvalue weighted by Crippen LogP contribution is 2.44. The van der Waals surface area contributed by atoms with Crippen LogP contribution < -0.4 is 0 Å². The maximum Gasteiger partial charge on any atom is 0.245 e. The Balaban J connectivity index is 2.87. The summed E-state index contributed by atoms with van der Waals surface area (Å²) in [6.45, 7) is 18.4. The molecule has 2 rings (SSSR count). The number of nitrogens with zero attached hydrogens (tertiary/aromatic N) is 1. The van der Waals surface area contributed by atoms with Crippen LogP contribution in [0.25, 0.3) is 0 Å². The second-order valence-corrected chi connectivity index (χ2v) is 9.24. The lowest BCUT2D eigenvalue weighted by Crippen LogP contribution is -2.47. The number of rotatable bonds is 4. The average molecular weight is 372 g/mol. The van der Waals surface area contributed by atoms with Gasteiger partial charge in [0.15, 0.2) is 0 Å². The molecule has 0 spiro atoms. The zero-order valence-corrected chi connectivity index (χ0v) is 17.7. The van der Waals surface area contributed by atoms with Crippen LogP contribution in [-0.2, 0) is 21.1 Å². The van der Waals surface area contributed by atoms with Gasteiger partial charge in [-0.2, -0.15) is 0 Å². The Hall–Kier alpha value is -2.07. The van der Waals surface area contributed by atoms with Gasteiger partial charge in [-0.1, -0.05) is 53.7 Å². The normalized spacial score (nSPS) is 22.9. The maximum atomic E-state index is 12.8. The first-order chi connectivity index (χ1) is 12.4. The number of hydroxylamine groups is 1. The molecule has 0 saturated carbocycles. The van der Waals surface area contributed by atoms with Crippen molar-refractivity contribution < 1.29 is 14.6 Å². The van der Waals surface area contributed by atoms with Crippen LogP contribution in [0.1, 0.15) is 65.2 Å². The number of hydrogen-bond acceptors (Lipinski definition) is 3. The minimum atomic E-state index is -1.08. The minimum absolute atomic E-state index is 0.286. The molecule has 0 radical (unpaired) electrons. The van der Waals surface area contributed by atoms with Crippen molar-refractivity contribution in [3.8, 4) is 5.75 Å². The summed E-state index contributed by atoms with van der Waals surface area (Å²) in [5.41, 5.74) is 0.739. The van der Waals surface area contributed by atoms with Crippen LogP contribution >= 0.6 is 0 Å². The van der Waals surface area contributed by atoms with Gasteiger partial charge in [0.1, 0.15) is 18.6 Å². The van der Waals surface area contributed by atoms with Crippen LogP contribution in [0, 0.1) is 5.21 Å². The van der Waals surface area contributed by atoms with Crippen molar-refractivity contribution in [2.24, 2.45) is 0 Å². The van der Waals surface area contributed by atoms with E-state index in [4.69, 9.17) is 4.74 Å². The van der Waals surface area contributed by atoms with Gasteiger partial charge in [-0.3, -0.25) is 0 Å². The SMILES string of the molecule is C=[N+]([O-])C1(c2cc(C(C)(C)C)c(O)c(C(C)(C)C)c2)C=CC=CC1OCC. The molecule has 0 saturated heterocycles. The minimum Gasteiger partial charge on any atom is -0.623 e. The van der Waals surface area contributed by atoms with Crippen molar-refractivity contribution in [1.82, 2.24) is 0 Å². The standard InChI is InChI=1S/C23H33NO3/c1-9-27-19-12-10-11-13-23(19,24(8)26)16-14-17(21(2,3)4)20(25)18(15-16)22(5,6)7/h10-15,19,25H,8-9H2,1-7H3. The van der Waals surface area contributed by atoms with Crippen molar-refractivity contribution in [1.29, 1.82) is 0 Å². The lowest BCUT2D eigenvalue weighted by Gasteiger charge is -2.37. The van der Waals surface area contributed by atoms with E-state index in [-0.39, 0.29) is 10.8 Å². The predicted octanol–water partition coefficient (Wildman–Crippen LogP) is 4.92. The molecule has 0 heterocycles. The second kappa shape index (κ2) is 7.16. The van der Waals surface area contributed by atoms with E-state index in [1.54, 1.807) is 0 Å². The molecular weight excluding hydrogens is 338 g/mol. The number of ether oxygens (including phenoxy) is 1. The topological polar surface area (TPSA) is 55.5 Å². The fraction of sp³-hybridized carbons (Fsp3) is 0.522. The number of phenolic OH excluding ortho intramolecular Hbond substituents is 1. The average Bonchev–Trinajstić information content (AvgIpc) is 2.53. The third kappa shape index (κ3) is 3.81. The largest absolute Gasteiger partial charge is 0.623 e. The number of hydrogen-bond donors (Lipinski definition) is 1. The van der Waals surface area contributed by atoms with E-state index in [0.717, 1.165) is 21.4 Å². The van der Waals surface area contributed by atoms with Gasteiger partial charge in [-0.15, -0.1) is 0 Å². The third-order valence-corrected chi connectivity index (χ3v) is 5.13. The van der Waals surface area contributed by atoms with Gasteiger partial charge in [-0.05, 0) is 42.0 Å². The van der Waals surface area contributed by atoms with Gasteiger partial charge in [0, 0.05) is 23.3 Å². The van der Waals surface area contributed by atoms with Gasteiger partial charge in [0.05, 0.1) is 0 Å². The van der Waals surface area contributed by atoms with Crippen LogP contribution in [-0.4, -0.2) is 29.3 Å². The Labute approximate surface area is 163 Å². The Morgan fingerprint density at radius 3 is 2.04 bits per heavy atom. The van der Waals surface area contributed by atoms with E-state index >= 15 is 0 Å². The second-order valence-electron chi connectivity index (χ2n) is 9.24. The molecule has 0 aliphatic heterocycles. The van der Waals surface area contributed by atoms with Crippen LogP contribution in [0.3, 0.4) is 0 Å². The zero-order valence-electron chi connectivity index (χ0n) is 17.7.